The van der Waals surface area contributed by atoms with Gasteiger partial charge in [0.2, 0.25) is 0 Å². The van der Waals surface area contributed by atoms with Gasteiger partial charge in [-0.15, -0.1) is 6.42 Å². The number of rotatable bonds is 2. The van der Waals surface area contributed by atoms with Gasteiger partial charge in [-0.2, -0.15) is 0 Å². The predicted molar refractivity (Wildman–Crippen MR) is 53.7 cm³/mol. The first-order valence-corrected chi connectivity index (χ1v) is 3.95. The van der Waals surface area contributed by atoms with Gasteiger partial charge >= 0.3 is 5.97 Å². The van der Waals surface area contributed by atoms with Crippen LogP contribution in [0.4, 0.5) is 0 Å². The van der Waals surface area contributed by atoms with Crippen molar-refractivity contribution in [3.8, 4) is 12.3 Å². The summed E-state index contributed by atoms with van der Waals surface area (Å²) < 4.78 is 4.60. The Bertz CT molecular complexity index is 411. The van der Waals surface area contributed by atoms with Crippen molar-refractivity contribution in [2.24, 2.45) is 0 Å². The van der Waals surface area contributed by atoms with Crippen LogP contribution in [0, 0.1) is 18.4 Å². The van der Waals surface area contributed by atoms with Gasteiger partial charge in [0.15, 0.2) is 0 Å². The Morgan fingerprint density at radius 2 is 2.29 bits per heavy atom. The molecule has 0 atom stereocenters. The van der Waals surface area contributed by atoms with Gasteiger partial charge in [0.25, 0.3) is 0 Å². The van der Waals surface area contributed by atoms with Crippen molar-refractivity contribution < 1.29 is 9.53 Å². The summed E-state index contributed by atoms with van der Waals surface area (Å²) >= 11 is 0. The Morgan fingerprint density at radius 1 is 1.57 bits per heavy atom. The lowest BCUT2D eigenvalue weighted by Crippen LogP contribution is -2.05. The molecule has 2 heteroatoms. The molecule has 1 aromatic carbocycles. The van der Waals surface area contributed by atoms with Gasteiger partial charge in [0.05, 0.1) is 12.7 Å². The lowest BCUT2D eigenvalue weighted by atomic mass is 10.0. The van der Waals surface area contributed by atoms with Crippen LogP contribution < -0.4 is 0 Å². The molecule has 0 unspecified atom stereocenters. The van der Waals surface area contributed by atoms with E-state index in [9.17, 15) is 4.79 Å². The smallest absolute Gasteiger partial charge is 0.339 e. The molecule has 0 aliphatic heterocycles. The van der Waals surface area contributed by atoms with Crippen molar-refractivity contribution in [3.05, 3.63) is 47.5 Å². The highest BCUT2D eigenvalue weighted by Crippen LogP contribution is 2.14. The topological polar surface area (TPSA) is 26.3 Å². The maximum atomic E-state index is 11.3. The largest absolute Gasteiger partial charge is 0.465 e. The summed E-state index contributed by atoms with van der Waals surface area (Å²) in [6, 6.07) is 5.07. The standard InChI is InChI=1S/C12H9O2/c1-4-9-7-6-8-11(10(9)5-2)12(13)14-3/h2,6-8H,1H2,3H3. The van der Waals surface area contributed by atoms with Crippen LogP contribution in [-0.2, 0) is 4.74 Å². The molecule has 2 nitrogen and oxygen atoms in total. The number of hydrogen-bond acceptors (Lipinski definition) is 2. The van der Waals surface area contributed by atoms with Crippen molar-refractivity contribution in [1.82, 2.24) is 0 Å². The van der Waals surface area contributed by atoms with Crippen molar-refractivity contribution in [2.45, 2.75) is 0 Å². The summed E-state index contributed by atoms with van der Waals surface area (Å²) in [6.07, 6.45) is 7.96. The second-order valence-corrected chi connectivity index (χ2v) is 2.54. The quantitative estimate of drug-likeness (QED) is 0.518. The molecule has 1 rings (SSSR count). The van der Waals surface area contributed by atoms with E-state index in [1.54, 1.807) is 18.2 Å². The third kappa shape index (κ3) is 1.67. The van der Waals surface area contributed by atoms with Gasteiger partial charge in [-0.3, -0.25) is 0 Å². The van der Waals surface area contributed by atoms with Crippen molar-refractivity contribution >= 4 is 5.97 Å². The SMILES string of the molecule is C#Cc1c([C]=C)cccc1C(=O)OC. The summed E-state index contributed by atoms with van der Waals surface area (Å²) in [6.45, 7) is 3.49. The molecule has 0 aliphatic rings. The fourth-order valence-corrected chi connectivity index (χ4v) is 1.14. The first-order valence-electron chi connectivity index (χ1n) is 3.95. The maximum Gasteiger partial charge on any atom is 0.339 e. The fourth-order valence-electron chi connectivity index (χ4n) is 1.14. The highest BCUT2D eigenvalue weighted by molar-refractivity contribution is 5.92. The molecule has 0 saturated carbocycles. The summed E-state index contributed by atoms with van der Waals surface area (Å²) in [5.74, 6) is 1.98. The number of benzene rings is 1. The Balaban J connectivity index is 3.38. The van der Waals surface area contributed by atoms with Crippen molar-refractivity contribution in [2.75, 3.05) is 7.11 Å². The third-order valence-corrected chi connectivity index (χ3v) is 1.80. The number of esters is 1. The normalized spacial score (nSPS) is 8.86. The van der Waals surface area contributed by atoms with E-state index in [1.165, 1.54) is 7.11 Å². The van der Waals surface area contributed by atoms with Gasteiger partial charge in [-0.25, -0.2) is 4.79 Å². The van der Waals surface area contributed by atoms with Gasteiger partial charge < -0.3 is 4.74 Å². The van der Waals surface area contributed by atoms with Crippen LogP contribution >= 0.6 is 0 Å². The molecule has 0 heterocycles. The lowest BCUT2D eigenvalue weighted by Gasteiger charge is -2.04. The minimum Gasteiger partial charge on any atom is -0.465 e. The highest BCUT2D eigenvalue weighted by atomic mass is 16.5. The van der Waals surface area contributed by atoms with Crippen LogP contribution in [0.1, 0.15) is 21.5 Å². The molecule has 0 bridgehead atoms. The van der Waals surface area contributed by atoms with E-state index in [-0.39, 0.29) is 0 Å². The molecular weight excluding hydrogens is 176 g/mol. The van der Waals surface area contributed by atoms with E-state index in [0.717, 1.165) is 0 Å². The number of terminal acetylenes is 1. The average molecular weight is 185 g/mol. The van der Waals surface area contributed by atoms with Crippen LogP contribution in [0.25, 0.3) is 0 Å². The molecule has 0 aromatic heterocycles. The number of methoxy groups -OCH3 is 1. The van der Waals surface area contributed by atoms with E-state index >= 15 is 0 Å². The van der Waals surface area contributed by atoms with Crippen LogP contribution in [0.3, 0.4) is 0 Å². The van der Waals surface area contributed by atoms with E-state index in [0.29, 0.717) is 16.7 Å². The minimum absolute atomic E-state index is 0.364. The first-order chi connectivity index (χ1) is 6.74. The zero-order chi connectivity index (χ0) is 10.6. The second kappa shape index (κ2) is 4.29. The van der Waals surface area contributed by atoms with E-state index in [2.05, 4.69) is 23.3 Å². The summed E-state index contributed by atoms with van der Waals surface area (Å²) in [4.78, 5) is 11.3. The zero-order valence-corrected chi connectivity index (χ0v) is 7.83. The van der Waals surface area contributed by atoms with Crippen LogP contribution in [-0.4, -0.2) is 13.1 Å². The molecule has 0 amide bonds. The number of hydrogen-bond donors (Lipinski definition) is 0. The molecule has 0 spiro atoms. The van der Waals surface area contributed by atoms with Gasteiger partial charge in [-0.1, -0.05) is 24.6 Å². The molecule has 14 heavy (non-hydrogen) atoms. The lowest BCUT2D eigenvalue weighted by molar-refractivity contribution is 0.0600. The molecular formula is C12H9O2. The Morgan fingerprint density at radius 3 is 2.79 bits per heavy atom. The van der Waals surface area contributed by atoms with Crippen LogP contribution in [0.2, 0.25) is 0 Å². The average Bonchev–Trinajstić information content (AvgIpc) is 2.26. The summed E-state index contributed by atoms with van der Waals surface area (Å²) in [7, 11) is 1.31. The molecule has 0 aliphatic carbocycles. The third-order valence-electron chi connectivity index (χ3n) is 1.80. The van der Waals surface area contributed by atoms with E-state index in [4.69, 9.17) is 6.42 Å². The van der Waals surface area contributed by atoms with Crippen molar-refractivity contribution in [1.29, 1.82) is 0 Å². The molecule has 0 saturated heterocycles. The van der Waals surface area contributed by atoms with Crippen LogP contribution in [0.15, 0.2) is 24.8 Å². The summed E-state index contributed by atoms with van der Waals surface area (Å²) in [5, 5.41) is 0. The zero-order valence-electron chi connectivity index (χ0n) is 7.83. The highest BCUT2D eigenvalue weighted by Gasteiger charge is 2.11. The van der Waals surface area contributed by atoms with Gasteiger partial charge in [0.1, 0.15) is 0 Å². The van der Waals surface area contributed by atoms with Gasteiger partial charge in [0, 0.05) is 5.56 Å². The second-order valence-electron chi connectivity index (χ2n) is 2.54. The number of ether oxygens (including phenoxy) is 1. The minimum atomic E-state index is -0.449. The van der Waals surface area contributed by atoms with E-state index in [1.807, 2.05) is 0 Å². The molecule has 0 N–H and O–H groups in total. The van der Waals surface area contributed by atoms with E-state index < -0.39 is 5.97 Å². The Kier molecular flexibility index (Phi) is 3.09. The van der Waals surface area contributed by atoms with Gasteiger partial charge in [-0.05, 0) is 17.7 Å². The fraction of sp³-hybridized carbons (Fsp3) is 0.0833. The number of carbonyl (C=O) groups excluding carboxylic acids is 1. The predicted octanol–water partition coefficient (Wildman–Crippen LogP) is 1.79. The molecule has 1 aromatic rings. The first kappa shape index (κ1) is 10.1. The Hall–Kier alpha value is -2.01. The van der Waals surface area contributed by atoms with Crippen molar-refractivity contribution in [3.63, 3.8) is 0 Å². The maximum absolute atomic E-state index is 11.3. The Labute approximate surface area is 83.2 Å². The number of carbonyl (C=O) groups is 1. The monoisotopic (exact) mass is 185 g/mol. The molecule has 69 valence electrons. The molecule has 0 fully saturated rings. The van der Waals surface area contributed by atoms with Crippen LogP contribution in [0.5, 0.6) is 0 Å². The molecule has 1 radical (unpaired) electrons. The summed E-state index contributed by atoms with van der Waals surface area (Å²) in [5.41, 5.74) is 1.47.